The Kier molecular flexibility index (Phi) is 3.79. The molecule has 0 spiro atoms. The van der Waals surface area contributed by atoms with Crippen LogP contribution in [-0.2, 0) is 6.42 Å². The summed E-state index contributed by atoms with van der Waals surface area (Å²) in [5, 5.41) is 16.9. The molecule has 0 fully saturated rings. The quantitative estimate of drug-likeness (QED) is 0.614. The van der Waals surface area contributed by atoms with Crippen LogP contribution in [0.5, 0.6) is 0 Å². The van der Waals surface area contributed by atoms with Crippen LogP contribution in [0.4, 0.5) is 17.1 Å². The summed E-state index contributed by atoms with van der Waals surface area (Å²) in [4.78, 5) is 19.1. The van der Waals surface area contributed by atoms with E-state index in [0.717, 1.165) is 47.2 Å². The van der Waals surface area contributed by atoms with Gasteiger partial charge in [-0.25, -0.2) is 4.98 Å². The number of H-pyrrole nitrogens is 1. The van der Waals surface area contributed by atoms with Gasteiger partial charge in [-0.3, -0.25) is 4.79 Å². The minimum Gasteiger partial charge on any atom is -0.384 e. The Bertz CT molecular complexity index is 1080. The van der Waals surface area contributed by atoms with E-state index >= 15 is 0 Å². The lowest BCUT2D eigenvalue weighted by atomic mass is 10.0. The largest absolute Gasteiger partial charge is 0.384 e. The number of nitrogens with one attached hydrogen (secondary N) is 3. The summed E-state index contributed by atoms with van der Waals surface area (Å²) >= 11 is 5.98. The summed E-state index contributed by atoms with van der Waals surface area (Å²) in [5.41, 5.74) is 4.11. The molecule has 0 saturated heterocycles. The summed E-state index contributed by atoms with van der Waals surface area (Å²) in [6, 6.07) is 9.42. The second kappa shape index (κ2) is 6.11. The third-order valence-corrected chi connectivity index (χ3v) is 4.60. The number of anilines is 3. The zero-order chi connectivity index (χ0) is 17.4. The summed E-state index contributed by atoms with van der Waals surface area (Å²) < 4.78 is 0. The third-order valence-electron chi connectivity index (χ3n) is 4.31. The van der Waals surface area contributed by atoms with Gasteiger partial charge in [-0.15, -0.1) is 0 Å². The van der Waals surface area contributed by atoms with Crippen molar-refractivity contribution in [3.8, 4) is 6.07 Å². The highest BCUT2D eigenvalue weighted by Gasteiger charge is 2.16. The van der Waals surface area contributed by atoms with Gasteiger partial charge in [-0.1, -0.05) is 11.6 Å². The summed E-state index contributed by atoms with van der Waals surface area (Å²) in [6.45, 7) is 0.849. The third kappa shape index (κ3) is 2.69. The van der Waals surface area contributed by atoms with Crippen LogP contribution in [0.25, 0.3) is 10.9 Å². The smallest absolute Gasteiger partial charge is 0.253 e. The molecular formula is C18H14ClN5O. The predicted molar refractivity (Wildman–Crippen MR) is 98.6 cm³/mol. The first kappa shape index (κ1) is 15.5. The highest BCUT2D eigenvalue weighted by Crippen LogP contribution is 2.31. The van der Waals surface area contributed by atoms with Crippen molar-refractivity contribution in [3.63, 3.8) is 0 Å². The van der Waals surface area contributed by atoms with Crippen LogP contribution < -0.4 is 16.2 Å². The molecule has 124 valence electrons. The van der Waals surface area contributed by atoms with Crippen LogP contribution in [0.15, 0.2) is 35.3 Å². The van der Waals surface area contributed by atoms with Gasteiger partial charge in [0.05, 0.1) is 16.9 Å². The van der Waals surface area contributed by atoms with E-state index in [4.69, 9.17) is 11.6 Å². The van der Waals surface area contributed by atoms with Crippen LogP contribution in [0, 0.1) is 11.3 Å². The molecule has 25 heavy (non-hydrogen) atoms. The molecule has 4 rings (SSSR count). The van der Waals surface area contributed by atoms with E-state index in [0.29, 0.717) is 11.3 Å². The molecule has 2 aromatic heterocycles. The molecule has 0 amide bonds. The van der Waals surface area contributed by atoms with E-state index < -0.39 is 0 Å². The van der Waals surface area contributed by atoms with E-state index in [1.54, 1.807) is 12.3 Å². The number of hydrogen-bond donors (Lipinski definition) is 3. The molecule has 1 aliphatic heterocycles. The van der Waals surface area contributed by atoms with E-state index in [2.05, 4.69) is 26.7 Å². The average Bonchev–Trinajstić information content (AvgIpc) is 2.63. The molecule has 6 nitrogen and oxygen atoms in total. The maximum Gasteiger partial charge on any atom is 0.253 e. The van der Waals surface area contributed by atoms with Gasteiger partial charge in [0.1, 0.15) is 16.8 Å². The zero-order valence-corrected chi connectivity index (χ0v) is 13.9. The molecule has 3 aromatic rings. The Labute approximate surface area is 148 Å². The standard InChI is InChI=1S/C18H14ClN5O/c19-17-13(9-20)15(5-7-22-17)23-10-3-4-14-12(8-10)16-11(18(25)24-14)2-1-6-21-16/h3-5,7-8,21H,1-2,6H2,(H,22,23)(H,24,25). The van der Waals surface area contributed by atoms with Gasteiger partial charge in [0.15, 0.2) is 0 Å². The Morgan fingerprint density at radius 1 is 1.32 bits per heavy atom. The van der Waals surface area contributed by atoms with Crippen molar-refractivity contribution in [3.05, 3.63) is 57.1 Å². The molecule has 0 bridgehead atoms. The number of rotatable bonds is 2. The second-order valence-corrected chi connectivity index (χ2v) is 6.22. The number of nitriles is 1. The van der Waals surface area contributed by atoms with Gasteiger partial charge in [0.25, 0.3) is 5.56 Å². The maximum absolute atomic E-state index is 12.2. The number of nitrogens with zero attached hydrogens (tertiary/aromatic N) is 2. The minimum atomic E-state index is -0.0388. The maximum atomic E-state index is 12.2. The Balaban J connectivity index is 1.83. The van der Waals surface area contributed by atoms with Crippen LogP contribution >= 0.6 is 11.6 Å². The molecule has 0 aliphatic carbocycles. The fraction of sp³-hybridized carbons (Fsp3) is 0.167. The second-order valence-electron chi connectivity index (χ2n) is 5.86. The highest BCUT2D eigenvalue weighted by molar-refractivity contribution is 6.31. The molecule has 1 aromatic carbocycles. The monoisotopic (exact) mass is 351 g/mol. The number of hydrogen-bond acceptors (Lipinski definition) is 5. The molecule has 1 aliphatic rings. The molecule has 3 heterocycles. The van der Waals surface area contributed by atoms with Crippen molar-refractivity contribution in [1.82, 2.24) is 9.97 Å². The number of halogens is 1. The Hall–Kier alpha value is -3.04. The average molecular weight is 352 g/mol. The van der Waals surface area contributed by atoms with Crippen molar-refractivity contribution in [2.24, 2.45) is 0 Å². The topological polar surface area (TPSA) is 93.6 Å². The fourth-order valence-corrected chi connectivity index (χ4v) is 3.33. The van der Waals surface area contributed by atoms with Gasteiger partial charge >= 0.3 is 0 Å². The number of fused-ring (bicyclic) bond motifs is 3. The number of pyridine rings is 2. The van der Waals surface area contributed by atoms with Gasteiger partial charge in [0, 0.05) is 29.4 Å². The first-order valence-corrected chi connectivity index (χ1v) is 8.29. The summed E-state index contributed by atoms with van der Waals surface area (Å²) in [6.07, 6.45) is 3.26. The van der Waals surface area contributed by atoms with Crippen molar-refractivity contribution in [1.29, 1.82) is 5.26 Å². The SMILES string of the molecule is N#Cc1c(Nc2ccc3[nH]c(=O)c4c(c3c2)NCCC4)ccnc1Cl. The van der Waals surface area contributed by atoms with Crippen LogP contribution in [0.3, 0.4) is 0 Å². The highest BCUT2D eigenvalue weighted by atomic mass is 35.5. The van der Waals surface area contributed by atoms with Crippen molar-refractivity contribution < 1.29 is 0 Å². The fourth-order valence-electron chi connectivity index (χ4n) is 3.13. The predicted octanol–water partition coefficient (Wildman–Crippen LogP) is 3.55. The minimum absolute atomic E-state index is 0.0388. The normalized spacial score (nSPS) is 13.0. The first-order valence-electron chi connectivity index (χ1n) is 7.92. The number of aromatic nitrogens is 2. The van der Waals surface area contributed by atoms with E-state index in [9.17, 15) is 10.1 Å². The lowest BCUT2D eigenvalue weighted by molar-refractivity contribution is 0.820. The van der Waals surface area contributed by atoms with E-state index in [-0.39, 0.29) is 10.7 Å². The van der Waals surface area contributed by atoms with E-state index in [1.807, 2.05) is 18.2 Å². The van der Waals surface area contributed by atoms with Crippen LogP contribution in [0.1, 0.15) is 17.5 Å². The zero-order valence-electron chi connectivity index (χ0n) is 13.2. The van der Waals surface area contributed by atoms with E-state index in [1.165, 1.54) is 0 Å². The van der Waals surface area contributed by atoms with Gasteiger partial charge < -0.3 is 15.6 Å². The molecular weight excluding hydrogens is 338 g/mol. The van der Waals surface area contributed by atoms with Gasteiger partial charge in [-0.2, -0.15) is 5.26 Å². The van der Waals surface area contributed by atoms with Crippen molar-refractivity contribution in [2.75, 3.05) is 17.2 Å². The number of benzene rings is 1. The molecule has 0 atom stereocenters. The molecule has 7 heteroatoms. The summed E-state index contributed by atoms with van der Waals surface area (Å²) in [7, 11) is 0. The molecule has 0 unspecified atom stereocenters. The van der Waals surface area contributed by atoms with Gasteiger partial charge in [-0.05, 0) is 37.1 Å². The molecule has 0 saturated carbocycles. The Morgan fingerprint density at radius 3 is 3.04 bits per heavy atom. The molecule has 3 N–H and O–H groups in total. The van der Waals surface area contributed by atoms with Crippen LogP contribution in [-0.4, -0.2) is 16.5 Å². The number of aromatic amines is 1. The van der Waals surface area contributed by atoms with Gasteiger partial charge in [0.2, 0.25) is 0 Å². The molecule has 0 radical (unpaired) electrons. The lowest BCUT2D eigenvalue weighted by Crippen LogP contribution is -2.22. The van der Waals surface area contributed by atoms with Crippen molar-refractivity contribution >= 4 is 39.6 Å². The van der Waals surface area contributed by atoms with Crippen LogP contribution in [0.2, 0.25) is 5.15 Å². The van der Waals surface area contributed by atoms with Crippen molar-refractivity contribution in [2.45, 2.75) is 12.8 Å². The first-order chi connectivity index (χ1) is 12.2. The summed E-state index contributed by atoms with van der Waals surface area (Å²) in [5.74, 6) is 0. The Morgan fingerprint density at radius 2 is 2.20 bits per heavy atom. The lowest BCUT2D eigenvalue weighted by Gasteiger charge is -2.19.